The highest BCUT2D eigenvalue weighted by Crippen LogP contribution is 2.25. The molecule has 0 aromatic rings. The van der Waals surface area contributed by atoms with Gasteiger partial charge < -0.3 is 21.1 Å². The summed E-state index contributed by atoms with van der Waals surface area (Å²) < 4.78 is 0. The van der Waals surface area contributed by atoms with Gasteiger partial charge >= 0.3 is 12.0 Å². The minimum atomic E-state index is -0.973. The van der Waals surface area contributed by atoms with Crippen molar-refractivity contribution in [2.24, 2.45) is 11.1 Å². The Morgan fingerprint density at radius 3 is 2.14 bits per heavy atom. The van der Waals surface area contributed by atoms with Gasteiger partial charge in [0, 0.05) is 13.1 Å². The fourth-order valence-electron chi connectivity index (χ4n) is 2.02. The fraction of sp³-hybridized carbons (Fsp3) is 0.786. The van der Waals surface area contributed by atoms with Crippen molar-refractivity contribution in [2.75, 3.05) is 19.6 Å². The summed E-state index contributed by atoms with van der Waals surface area (Å²) in [5.74, 6) is -1.51. The van der Waals surface area contributed by atoms with Gasteiger partial charge in [0.2, 0.25) is 5.91 Å². The molecule has 0 aliphatic heterocycles. The number of primary amides is 1. The molecular weight excluding hydrogens is 274 g/mol. The first-order chi connectivity index (χ1) is 9.82. The van der Waals surface area contributed by atoms with Crippen LogP contribution in [0.1, 0.15) is 46.5 Å². The van der Waals surface area contributed by atoms with E-state index in [-0.39, 0.29) is 13.1 Å². The van der Waals surface area contributed by atoms with Crippen LogP contribution in [0.2, 0.25) is 0 Å². The van der Waals surface area contributed by atoms with Crippen molar-refractivity contribution in [3.63, 3.8) is 0 Å². The number of rotatable bonds is 10. The lowest BCUT2D eigenvalue weighted by atomic mass is 9.82. The van der Waals surface area contributed by atoms with E-state index in [1.807, 2.05) is 6.92 Å². The molecule has 7 nitrogen and oxygen atoms in total. The maximum Gasteiger partial charge on any atom is 0.317 e. The number of hydrogen-bond acceptors (Lipinski definition) is 3. The average molecular weight is 301 g/mol. The van der Waals surface area contributed by atoms with E-state index in [1.54, 1.807) is 13.8 Å². The number of nitrogens with two attached hydrogens (primary N) is 1. The number of aliphatic carboxylic acids is 1. The second kappa shape index (κ2) is 9.20. The molecule has 0 aliphatic carbocycles. The van der Waals surface area contributed by atoms with Crippen molar-refractivity contribution in [3.8, 4) is 0 Å². The molecule has 7 heteroatoms. The Kier molecular flexibility index (Phi) is 8.42. The summed E-state index contributed by atoms with van der Waals surface area (Å²) in [5.41, 5.74) is 4.16. The van der Waals surface area contributed by atoms with E-state index in [1.165, 1.54) is 4.90 Å². The van der Waals surface area contributed by atoms with Crippen LogP contribution >= 0.6 is 0 Å². The number of amides is 3. The van der Waals surface area contributed by atoms with Gasteiger partial charge in [-0.3, -0.25) is 9.59 Å². The topological polar surface area (TPSA) is 113 Å². The highest BCUT2D eigenvalue weighted by Gasteiger charge is 2.35. The first kappa shape index (κ1) is 19.2. The van der Waals surface area contributed by atoms with Crippen molar-refractivity contribution >= 4 is 17.9 Å². The number of carbonyl (C=O) groups is 3. The molecule has 0 saturated carbocycles. The first-order valence-corrected chi connectivity index (χ1v) is 7.37. The van der Waals surface area contributed by atoms with Crippen molar-refractivity contribution in [1.82, 2.24) is 10.2 Å². The SMILES string of the molecule is CCCCN(CC(N)=O)C(=O)NCC(CC)(CC)C(=O)O. The number of hydrogen-bond donors (Lipinski definition) is 3. The summed E-state index contributed by atoms with van der Waals surface area (Å²) in [7, 11) is 0. The normalized spacial score (nSPS) is 11.0. The van der Waals surface area contributed by atoms with E-state index < -0.39 is 23.3 Å². The Bertz CT molecular complexity index is 367. The zero-order chi connectivity index (χ0) is 16.5. The Morgan fingerprint density at radius 2 is 1.76 bits per heavy atom. The van der Waals surface area contributed by atoms with Crippen LogP contribution in [-0.2, 0) is 9.59 Å². The third-order valence-corrected chi connectivity index (χ3v) is 3.80. The van der Waals surface area contributed by atoms with Gasteiger partial charge in [0.1, 0.15) is 6.54 Å². The predicted molar refractivity (Wildman–Crippen MR) is 79.7 cm³/mol. The second-order valence-corrected chi connectivity index (χ2v) is 5.19. The average Bonchev–Trinajstić information content (AvgIpc) is 2.44. The van der Waals surface area contributed by atoms with Gasteiger partial charge in [-0.25, -0.2) is 4.79 Å². The van der Waals surface area contributed by atoms with Crippen LogP contribution < -0.4 is 11.1 Å². The molecule has 0 aromatic carbocycles. The van der Waals surface area contributed by atoms with E-state index in [2.05, 4.69) is 5.32 Å². The Balaban J connectivity index is 4.73. The fourth-order valence-corrected chi connectivity index (χ4v) is 2.02. The van der Waals surface area contributed by atoms with Gasteiger partial charge in [-0.2, -0.15) is 0 Å². The molecule has 0 spiro atoms. The molecule has 0 radical (unpaired) electrons. The van der Waals surface area contributed by atoms with E-state index in [0.29, 0.717) is 19.4 Å². The lowest BCUT2D eigenvalue weighted by Crippen LogP contribution is -2.49. The molecule has 0 heterocycles. The van der Waals surface area contributed by atoms with Gasteiger partial charge in [-0.1, -0.05) is 27.2 Å². The van der Waals surface area contributed by atoms with Crippen molar-refractivity contribution in [3.05, 3.63) is 0 Å². The van der Waals surface area contributed by atoms with Crippen molar-refractivity contribution < 1.29 is 19.5 Å². The minimum Gasteiger partial charge on any atom is -0.481 e. The summed E-state index contributed by atoms with van der Waals surface area (Å²) in [6, 6.07) is -0.449. The standard InChI is InChI=1S/C14H27N3O4/c1-4-7-8-17(9-11(15)18)13(21)16-10-14(5-2,6-3)12(19)20/h4-10H2,1-3H3,(H2,15,18)(H,16,21)(H,19,20). The molecule has 0 bridgehead atoms. The largest absolute Gasteiger partial charge is 0.481 e. The van der Waals surface area contributed by atoms with Crippen LogP contribution in [0.3, 0.4) is 0 Å². The molecule has 3 amide bonds. The third-order valence-electron chi connectivity index (χ3n) is 3.80. The quantitative estimate of drug-likeness (QED) is 0.562. The van der Waals surface area contributed by atoms with E-state index in [9.17, 15) is 19.5 Å². The maximum absolute atomic E-state index is 12.1. The monoisotopic (exact) mass is 301 g/mol. The number of unbranched alkanes of at least 4 members (excludes halogenated alkanes) is 1. The number of carboxylic acid groups (broad SMARTS) is 1. The van der Waals surface area contributed by atoms with Crippen LogP contribution in [0.4, 0.5) is 4.79 Å². The van der Waals surface area contributed by atoms with Gasteiger partial charge in [-0.05, 0) is 19.3 Å². The summed E-state index contributed by atoms with van der Waals surface area (Å²) in [5, 5.41) is 11.9. The van der Waals surface area contributed by atoms with Gasteiger partial charge in [0.05, 0.1) is 5.41 Å². The summed E-state index contributed by atoms with van der Waals surface area (Å²) in [6.07, 6.45) is 2.48. The van der Waals surface area contributed by atoms with Gasteiger partial charge in [0.15, 0.2) is 0 Å². The van der Waals surface area contributed by atoms with Crippen LogP contribution in [-0.4, -0.2) is 47.5 Å². The molecule has 0 atom stereocenters. The number of nitrogens with one attached hydrogen (secondary N) is 1. The molecule has 21 heavy (non-hydrogen) atoms. The lowest BCUT2D eigenvalue weighted by Gasteiger charge is -2.29. The predicted octanol–water partition coefficient (Wildman–Crippen LogP) is 1.17. The minimum absolute atomic E-state index is 0.0373. The first-order valence-electron chi connectivity index (χ1n) is 7.37. The highest BCUT2D eigenvalue weighted by molar-refractivity contribution is 5.83. The third kappa shape index (κ3) is 6.01. The van der Waals surface area contributed by atoms with Crippen molar-refractivity contribution in [2.45, 2.75) is 46.5 Å². The molecule has 0 aliphatic rings. The lowest BCUT2D eigenvalue weighted by molar-refractivity contribution is -0.149. The van der Waals surface area contributed by atoms with Crippen LogP contribution in [0.15, 0.2) is 0 Å². The molecular formula is C14H27N3O4. The Labute approximate surface area is 125 Å². The van der Waals surface area contributed by atoms with Crippen molar-refractivity contribution in [1.29, 1.82) is 0 Å². The van der Waals surface area contributed by atoms with Crippen LogP contribution in [0, 0.1) is 5.41 Å². The Morgan fingerprint density at radius 1 is 1.19 bits per heavy atom. The number of carboxylic acids is 1. The number of nitrogens with zero attached hydrogens (tertiary/aromatic N) is 1. The Hall–Kier alpha value is -1.79. The molecule has 122 valence electrons. The van der Waals surface area contributed by atoms with Gasteiger partial charge in [-0.15, -0.1) is 0 Å². The molecule has 0 saturated heterocycles. The molecule has 0 unspecified atom stereocenters. The smallest absolute Gasteiger partial charge is 0.317 e. The van der Waals surface area contributed by atoms with Crippen LogP contribution in [0.5, 0.6) is 0 Å². The molecule has 4 N–H and O–H groups in total. The number of urea groups is 1. The van der Waals surface area contributed by atoms with Gasteiger partial charge in [0.25, 0.3) is 0 Å². The molecule has 0 rings (SSSR count). The van der Waals surface area contributed by atoms with E-state index in [4.69, 9.17) is 5.73 Å². The highest BCUT2D eigenvalue weighted by atomic mass is 16.4. The zero-order valence-corrected chi connectivity index (χ0v) is 13.1. The second-order valence-electron chi connectivity index (χ2n) is 5.19. The van der Waals surface area contributed by atoms with E-state index in [0.717, 1.165) is 12.8 Å². The summed E-state index contributed by atoms with van der Waals surface area (Å²) in [6.45, 7) is 5.83. The summed E-state index contributed by atoms with van der Waals surface area (Å²) >= 11 is 0. The number of carbonyl (C=O) groups excluding carboxylic acids is 2. The van der Waals surface area contributed by atoms with E-state index >= 15 is 0 Å². The maximum atomic E-state index is 12.1. The molecule has 0 aromatic heterocycles. The summed E-state index contributed by atoms with van der Waals surface area (Å²) in [4.78, 5) is 35.8. The van der Waals surface area contributed by atoms with Crippen LogP contribution in [0.25, 0.3) is 0 Å². The molecule has 0 fully saturated rings. The zero-order valence-electron chi connectivity index (χ0n) is 13.1.